The molecule has 3 fully saturated rings. The maximum absolute atomic E-state index is 12.6. The summed E-state index contributed by atoms with van der Waals surface area (Å²) in [5, 5.41) is 1.90. The molecule has 9 heteroatoms. The van der Waals surface area contributed by atoms with Gasteiger partial charge in [0.2, 0.25) is 10.0 Å². The van der Waals surface area contributed by atoms with Crippen LogP contribution >= 0.6 is 34.8 Å². The highest BCUT2D eigenvalue weighted by Gasteiger charge is 2.41. The molecule has 0 amide bonds. The van der Waals surface area contributed by atoms with Crippen LogP contribution in [0.3, 0.4) is 0 Å². The van der Waals surface area contributed by atoms with Crippen molar-refractivity contribution >= 4 is 50.5 Å². The van der Waals surface area contributed by atoms with Gasteiger partial charge < -0.3 is 4.90 Å². The molecule has 3 aliphatic rings. The first-order valence-corrected chi connectivity index (χ1v) is 14.6. The molecule has 2 aromatic rings. The number of anilines is 1. The van der Waals surface area contributed by atoms with Gasteiger partial charge in [0.1, 0.15) is 0 Å². The Morgan fingerprint density at radius 3 is 2.15 bits per heavy atom. The van der Waals surface area contributed by atoms with Crippen LogP contribution in [0.15, 0.2) is 42.5 Å². The van der Waals surface area contributed by atoms with Gasteiger partial charge in [-0.15, -0.1) is 0 Å². The van der Waals surface area contributed by atoms with E-state index in [1.165, 1.54) is 5.56 Å². The number of rotatable bonds is 6. The van der Waals surface area contributed by atoms with Crippen molar-refractivity contribution in [3.8, 4) is 0 Å². The highest BCUT2D eigenvalue weighted by Crippen LogP contribution is 2.38. The molecule has 0 bridgehead atoms. The fraction of sp³-hybridized carbons (Fsp3) is 0.520. The summed E-state index contributed by atoms with van der Waals surface area (Å²) >= 11 is 18.9. The standard InChI is InChI=1S/C25H30Cl3N3O2S/c26-20-3-1-19(2-4-20)25-17-29(13-14-31(25)24-8-5-21(27)15-23(24)28)16-18-9-11-30(12-10-18)34(32,33)22-6-7-22/h1-5,8,15,18,22,25H,6-7,9-14,16-17H2. The van der Waals surface area contributed by atoms with Crippen LogP contribution in [-0.2, 0) is 10.0 Å². The lowest BCUT2D eigenvalue weighted by Crippen LogP contribution is -2.51. The van der Waals surface area contributed by atoms with Gasteiger partial charge in [0.05, 0.1) is 22.0 Å². The topological polar surface area (TPSA) is 43.9 Å². The predicted octanol–water partition coefficient (Wildman–Crippen LogP) is 5.71. The van der Waals surface area contributed by atoms with E-state index in [1.807, 2.05) is 24.3 Å². The second kappa shape index (κ2) is 10.2. The second-order valence-corrected chi connectivity index (χ2v) is 13.2. The van der Waals surface area contributed by atoms with Crippen molar-refractivity contribution in [1.29, 1.82) is 0 Å². The molecule has 0 spiro atoms. The van der Waals surface area contributed by atoms with E-state index in [4.69, 9.17) is 34.8 Å². The number of sulfonamides is 1. The van der Waals surface area contributed by atoms with Crippen molar-refractivity contribution in [3.05, 3.63) is 63.1 Å². The quantitative estimate of drug-likeness (QED) is 0.469. The molecule has 1 saturated carbocycles. The van der Waals surface area contributed by atoms with Gasteiger partial charge >= 0.3 is 0 Å². The number of benzene rings is 2. The molecule has 5 rings (SSSR count). The van der Waals surface area contributed by atoms with Gasteiger partial charge in [-0.1, -0.05) is 46.9 Å². The van der Waals surface area contributed by atoms with E-state index < -0.39 is 10.0 Å². The van der Waals surface area contributed by atoms with E-state index >= 15 is 0 Å². The minimum absolute atomic E-state index is 0.114. The van der Waals surface area contributed by atoms with Crippen LogP contribution in [-0.4, -0.2) is 62.1 Å². The molecule has 34 heavy (non-hydrogen) atoms. The van der Waals surface area contributed by atoms with Gasteiger partial charge in [-0.2, -0.15) is 0 Å². The van der Waals surface area contributed by atoms with E-state index in [9.17, 15) is 8.42 Å². The van der Waals surface area contributed by atoms with Crippen LogP contribution < -0.4 is 4.90 Å². The summed E-state index contributed by atoms with van der Waals surface area (Å²) in [5.74, 6) is 0.516. The van der Waals surface area contributed by atoms with E-state index in [0.717, 1.165) is 62.6 Å². The summed E-state index contributed by atoms with van der Waals surface area (Å²) < 4.78 is 26.9. The second-order valence-electron chi connectivity index (χ2n) is 9.70. The van der Waals surface area contributed by atoms with E-state index in [-0.39, 0.29) is 11.3 Å². The minimum Gasteiger partial charge on any atom is -0.361 e. The zero-order valence-electron chi connectivity index (χ0n) is 19.0. The Morgan fingerprint density at radius 1 is 0.824 bits per heavy atom. The first-order valence-electron chi connectivity index (χ1n) is 12.0. The number of hydrogen-bond donors (Lipinski definition) is 0. The molecule has 1 aliphatic carbocycles. The van der Waals surface area contributed by atoms with Gasteiger partial charge in [0.15, 0.2) is 0 Å². The summed E-state index contributed by atoms with van der Waals surface area (Å²) in [7, 11) is -3.06. The lowest BCUT2D eigenvalue weighted by molar-refractivity contribution is 0.159. The first-order chi connectivity index (χ1) is 16.3. The van der Waals surface area contributed by atoms with E-state index in [2.05, 4.69) is 21.9 Å². The highest BCUT2D eigenvalue weighted by molar-refractivity contribution is 7.90. The van der Waals surface area contributed by atoms with Crippen LogP contribution in [0, 0.1) is 5.92 Å². The van der Waals surface area contributed by atoms with Crippen molar-refractivity contribution in [2.45, 2.75) is 37.0 Å². The van der Waals surface area contributed by atoms with Gasteiger partial charge in [0, 0.05) is 49.3 Å². The molecule has 2 heterocycles. The van der Waals surface area contributed by atoms with Crippen LogP contribution in [0.5, 0.6) is 0 Å². The average Bonchev–Trinajstić information content (AvgIpc) is 3.67. The van der Waals surface area contributed by atoms with Gasteiger partial charge in [-0.25, -0.2) is 12.7 Å². The maximum atomic E-state index is 12.6. The van der Waals surface area contributed by atoms with Crippen molar-refractivity contribution in [3.63, 3.8) is 0 Å². The molecular formula is C25H30Cl3N3O2S. The van der Waals surface area contributed by atoms with Crippen molar-refractivity contribution in [2.24, 2.45) is 5.92 Å². The lowest BCUT2D eigenvalue weighted by atomic mass is 9.95. The zero-order valence-corrected chi connectivity index (χ0v) is 22.1. The van der Waals surface area contributed by atoms with Crippen molar-refractivity contribution in [2.75, 3.05) is 44.2 Å². The predicted molar refractivity (Wildman–Crippen MR) is 141 cm³/mol. The number of halogens is 3. The van der Waals surface area contributed by atoms with Crippen LogP contribution in [0.25, 0.3) is 0 Å². The van der Waals surface area contributed by atoms with E-state index in [1.54, 1.807) is 10.4 Å². The van der Waals surface area contributed by atoms with Crippen LogP contribution in [0.4, 0.5) is 5.69 Å². The monoisotopic (exact) mass is 541 g/mol. The summed E-state index contributed by atoms with van der Waals surface area (Å²) in [6, 6.07) is 13.9. The molecular weight excluding hydrogens is 513 g/mol. The number of piperazine rings is 1. The average molecular weight is 543 g/mol. The SMILES string of the molecule is O=S(=O)(C1CC1)N1CCC(CN2CCN(c3ccc(Cl)cc3Cl)C(c3ccc(Cl)cc3)C2)CC1. The maximum Gasteiger partial charge on any atom is 0.216 e. The Morgan fingerprint density at radius 2 is 1.50 bits per heavy atom. The Hall–Kier alpha value is -1.02. The third-order valence-electron chi connectivity index (χ3n) is 7.33. The highest BCUT2D eigenvalue weighted by atomic mass is 35.5. The van der Waals surface area contributed by atoms with Gasteiger partial charge in [0.25, 0.3) is 0 Å². The number of piperidine rings is 1. The smallest absolute Gasteiger partial charge is 0.216 e. The van der Waals surface area contributed by atoms with Gasteiger partial charge in [-0.05, 0) is 67.5 Å². The van der Waals surface area contributed by atoms with Crippen LogP contribution in [0.2, 0.25) is 15.1 Å². The lowest BCUT2D eigenvalue weighted by Gasteiger charge is -2.45. The zero-order chi connectivity index (χ0) is 23.9. The van der Waals surface area contributed by atoms with Crippen molar-refractivity contribution in [1.82, 2.24) is 9.21 Å². The summed E-state index contributed by atoms with van der Waals surface area (Å²) in [5.41, 5.74) is 2.19. The summed E-state index contributed by atoms with van der Waals surface area (Å²) in [6.45, 7) is 4.97. The molecule has 2 aromatic carbocycles. The third-order valence-corrected chi connectivity index (χ3v) is 10.5. The number of nitrogens with zero attached hydrogens (tertiary/aromatic N) is 3. The molecule has 0 aromatic heterocycles. The minimum atomic E-state index is -3.06. The largest absolute Gasteiger partial charge is 0.361 e. The first kappa shape index (κ1) is 24.7. The molecule has 2 aliphatic heterocycles. The molecule has 5 nitrogen and oxygen atoms in total. The summed E-state index contributed by atoms with van der Waals surface area (Å²) in [6.07, 6.45) is 3.52. The Kier molecular flexibility index (Phi) is 7.37. The van der Waals surface area contributed by atoms with Crippen LogP contribution in [0.1, 0.15) is 37.3 Å². The van der Waals surface area contributed by atoms with E-state index in [0.29, 0.717) is 29.1 Å². The number of hydrogen-bond acceptors (Lipinski definition) is 4. The molecule has 0 N–H and O–H groups in total. The molecule has 1 unspecified atom stereocenters. The summed E-state index contributed by atoms with van der Waals surface area (Å²) in [4.78, 5) is 4.89. The molecule has 2 saturated heterocycles. The molecule has 0 radical (unpaired) electrons. The Bertz CT molecular complexity index is 1120. The molecule has 1 atom stereocenters. The Labute approximate surface area is 217 Å². The third kappa shape index (κ3) is 5.37. The Balaban J connectivity index is 1.28. The molecule has 184 valence electrons. The fourth-order valence-corrected chi connectivity index (χ4v) is 7.78. The normalized spacial score (nSPS) is 23.4. The van der Waals surface area contributed by atoms with Crippen molar-refractivity contribution < 1.29 is 8.42 Å². The fourth-order valence-electron chi connectivity index (χ4n) is 5.27. The van der Waals surface area contributed by atoms with Gasteiger partial charge in [-0.3, -0.25) is 4.90 Å².